The van der Waals surface area contributed by atoms with Crippen LogP contribution in [0, 0.1) is 0 Å². The van der Waals surface area contributed by atoms with Crippen LogP contribution in [0.5, 0.6) is 0 Å². The Hall–Kier alpha value is -0.360. The van der Waals surface area contributed by atoms with Gasteiger partial charge in [-0.05, 0) is 25.1 Å². The molecule has 0 unspecified atom stereocenters. The van der Waals surface area contributed by atoms with Crippen LogP contribution < -0.4 is 0 Å². The highest BCUT2D eigenvalue weighted by molar-refractivity contribution is 7.89. The summed E-state index contributed by atoms with van der Waals surface area (Å²) in [6.07, 6.45) is 1.37. The lowest BCUT2D eigenvalue weighted by Gasteiger charge is -1.93. The molecule has 0 aliphatic heterocycles. The molecule has 13 heavy (non-hydrogen) atoms. The summed E-state index contributed by atoms with van der Waals surface area (Å²) in [6.45, 7) is 1.32. The van der Waals surface area contributed by atoms with E-state index in [1.807, 2.05) is 0 Å². The average Bonchev–Trinajstić information content (AvgIpc) is 2.33. The summed E-state index contributed by atoms with van der Waals surface area (Å²) in [5.74, 6) is 0. The zero-order chi connectivity index (χ0) is 10.1. The maximum absolute atomic E-state index is 10.6. The van der Waals surface area contributed by atoms with E-state index in [9.17, 15) is 8.42 Å². The van der Waals surface area contributed by atoms with Crippen molar-refractivity contribution in [2.45, 2.75) is 6.92 Å². The molecular formula is C7H7ClO3S2. The summed E-state index contributed by atoms with van der Waals surface area (Å²) in [5, 5.41) is 0. The van der Waals surface area contributed by atoms with Crippen molar-refractivity contribution < 1.29 is 13.0 Å². The minimum Gasteiger partial charge on any atom is -0.282 e. The van der Waals surface area contributed by atoms with E-state index in [2.05, 4.69) is 0 Å². The molecule has 1 aromatic rings. The largest absolute Gasteiger partial charge is 0.290 e. The van der Waals surface area contributed by atoms with E-state index in [0.29, 0.717) is 9.21 Å². The van der Waals surface area contributed by atoms with Gasteiger partial charge in [0.2, 0.25) is 0 Å². The Bertz CT molecular complexity index is 430. The number of hydrogen-bond donors (Lipinski definition) is 1. The fourth-order valence-corrected chi connectivity index (χ4v) is 2.09. The van der Waals surface area contributed by atoms with Crippen LogP contribution in [0.3, 0.4) is 0 Å². The Morgan fingerprint density at radius 1 is 1.62 bits per heavy atom. The highest BCUT2D eigenvalue weighted by atomic mass is 35.5. The van der Waals surface area contributed by atoms with Crippen molar-refractivity contribution in [3.8, 4) is 0 Å². The molecule has 0 fully saturated rings. The standard InChI is InChI=1S/C7H7ClO3S2/c1-5(13(9,10)11)4-6-2-3-7(8)12-6/h2-4H,1H3,(H,9,10,11)/b5-4+. The zero-order valence-electron chi connectivity index (χ0n) is 6.69. The van der Waals surface area contributed by atoms with Gasteiger partial charge in [-0.15, -0.1) is 11.3 Å². The summed E-state index contributed by atoms with van der Waals surface area (Å²) in [4.78, 5) is 0.603. The van der Waals surface area contributed by atoms with Crippen molar-refractivity contribution in [3.63, 3.8) is 0 Å². The van der Waals surface area contributed by atoms with Gasteiger partial charge in [0.25, 0.3) is 10.1 Å². The second-order valence-electron chi connectivity index (χ2n) is 2.37. The molecule has 1 aromatic heterocycles. The van der Waals surface area contributed by atoms with Crippen LogP contribution in [-0.4, -0.2) is 13.0 Å². The SMILES string of the molecule is C/C(=C\c1ccc(Cl)s1)S(=O)(=O)O. The molecule has 1 heterocycles. The third-order valence-electron chi connectivity index (χ3n) is 1.35. The summed E-state index contributed by atoms with van der Waals surface area (Å²) in [5.41, 5.74) is 0. The molecule has 0 spiro atoms. The molecular weight excluding hydrogens is 232 g/mol. The molecule has 0 atom stereocenters. The number of thiophene rings is 1. The normalized spacial score (nSPS) is 13.3. The van der Waals surface area contributed by atoms with E-state index in [1.54, 1.807) is 12.1 Å². The number of hydrogen-bond acceptors (Lipinski definition) is 3. The quantitative estimate of drug-likeness (QED) is 0.806. The van der Waals surface area contributed by atoms with E-state index in [1.165, 1.54) is 24.3 Å². The van der Waals surface area contributed by atoms with Crippen LogP contribution in [0.4, 0.5) is 0 Å². The lowest BCUT2D eigenvalue weighted by molar-refractivity contribution is 0.491. The Morgan fingerprint density at radius 2 is 2.23 bits per heavy atom. The van der Waals surface area contributed by atoms with E-state index >= 15 is 0 Å². The first-order valence-corrected chi connectivity index (χ1v) is 5.94. The van der Waals surface area contributed by atoms with Crippen LogP contribution >= 0.6 is 22.9 Å². The third kappa shape index (κ3) is 3.11. The van der Waals surface area contributed by atoms with Gasteiger partial charge in [0.15, 0.2) is 0 Å². The second-order valence-corrected chi connectivity index (χ2v) is 5.71. The predicted molar refractivity (Wildman–Crippen MR) is 54.5 cm³/mol. The molecule has 0 aliphatic carbocycles. The Kier molecular flexibility index (Phi) is 3.13. The minimum absolute atomic E-state index is 0.0917. The van der Waals surface area contributed by atoms with Gasteiger partial charge in [0, 0.05) is 4.88 Å². The van der Waals surface area contributed by atoms with Gasteiger partial charge in [0.1, 0.15) is 0 Å². The lowest BCUT2D eigenvalue weighted by atomic mass is 10.4. The van der Waals surface area contributed by atoms with E-state index in [-0.39, 0.29) is 4.91 Å². The zero-order valence-corrected chi connectivity index (χ0v) is 9.08. The highest BCUT2D eigenvalue weighted by Gasteiger charge is 2.07. The van der Waals surface area contributed by atoms with Crippen molar-refractivity contribution in [3.05, 3.63) is 26.3 Å². The molecule has 0 radical (unpaired) electrons. The Labute approximate surface area is 85.4 Å². The number of rotatable bonds is 2. The van der Waals surface area contributed by atoms with Gasteiger partial charge in [-0.25, -0.2) is 0 Å². The minimum atomic E-state index is -4.07. The van der Waals surface area contributed by atoms with Crippen molar-refractivity contribution in [2.24, 2.45) is 0 Å². The molecule has 3 nitrogen and oxygen atoms in total. The average molecular weight is 239 g/mol. The third-order valence-corrected chi connectivity index (χ3v) is 3.46. The van der Waals surface area contributed by atoms with Crippen molar-refractivity contribution in [2.75, 3.05) is 0 Å². The van der Waals surface area contributed by atoms with Crippen molar-refractivity contribution in [1.29, 1.82) is 0 Å². The van der Waals surface area contributed by atoms with Gasteiger partial charge in [-0.1, -0.05) is 11.6 Å². The first-order valence-electron chi connectivity index (χ1n) is 3.31. The molecule has 0 bridgehead atoms. The van der Waals surface area contributed by atoms with Crippen LogP contribution in [0.1, 0.15) is 11.8 Å². The molecule has 0 aliphatic rings. The summed E-state index contributed by atoms with van der Waals surface area (Å²) >= 11 is 6.88. The fourth-order valence-electron chi connectivity index (χ4n) is 0.681. The molecule has 0 saturated carbocycles. The van der Waals surface area contributed by atoms with E-state index in [0.717, 1.165) is 0 Å². The van der Waals surface area contributed by atoms with Crippen LogP contribution in [0.15, 0.2) is 17.0 Å². The monoisotopic (exact) mass is 238 g/mol. The molecule has 1 N–H and O–H groups in total. The summed E-state index contributed by atoms with van der Waals surface area (Å²) in [6, 6.07) is 3.34. The molecule has 72 valence electrons. The van der Waals surface area contributed by atoms with Gasteiger partial charge in [-0.3, -0.25) is 4.55 Å². The second kappa shape index (κ2) is 3.79. The van der Waals surface area contributed by atoms with Gasteiger partial charge >= 0.3 is 0 Å². The Balaban J connectivity index is 3.02. The van der Waals surface area contributed by atoms with Crippen molar-refractivity contribution in [1.82, 2.24) is 0 Å². The predicted octanol–water partition coefficient (Wildman–Crippen LogP) is 2.65. The number of halogens is 1. The van der Waals surface area contributed by atoms with Crippen LogP contribution in [0.2, 0.25) is 4.34 Å². The maximum Gasteiger partial charge on any atom is 0.290 e. The number of allylic oxidation sites excluding steroid dienone is 1. The Morgan fingerprint density at radius 3 is 2.62 bits per heavy atom. The molecule has 1 rings (SSSR count). The highest BCUT2D eigenvalue weighted by Crippen LogP contribution is 2.24. The molecule has 6 heteroatoms. The fraction of sp³-hybridized carbons (Fsp3) is 0.143. The van der Waals surface area contributed by atoms with Gasteiger partial charge in [-0.2, -0.15) is 8.42 Å². The van der Waals surface area contributed by atoms with E-state index in [4.69, 9.17) is 16.2 Å². The first kappa shape index (κ1) is 10.7. The van der Waals surface area contributed by atoms with Gasteiger partial charge < -0.3 is 0 Å². The summed E-state index contributed by atoms with van der Waals surface area (Å²) < 4.78 is 30.4. The summed E-state index contributed by atoms with van der Waals surface area (Å²) in [7, 11) is -4.07. The van der Waals surface area contributed by atoms with E-state index < -0.39 is 10.1 Å². The first-order chi connectivity index (χ1) is 5.89. The molecule has 0 aromatic carbocycles. The molecule has 0 saturated heterocycles. The lowest BCUT2D eigenvalue weighted by Crippen LogP contribution is -1.96. The van der Waals surface area contributed by atoms with Crippen LogP contribution in [-0.2, 0) is 10.1 Å². The van der Waals surface area contributed by atoms with Gasteiger partial charge in [0.05, 0.1) is 9.24 Å². The smallest absolute Gasteiger partial charge is 0.282 e. The molecule has 0 amide bonds. The maximum atomic E-state index is 10.6. The van der Waals surface area contributed by atoms with Crippen molar-refractivity contribution >= 4 is 39.1 Å². The topological polar surface area (TPSA) is 54.4 Å². The van der Waals surface area contributed by atoms with Crippen LogP contribution in [0.25, 0.3) is 6.08 Å².